The highest BCUT2D eigenvalue weighted by Gasteiger charge is 2.08. The third-order valence-corrected chi connectivity index (χ3v) is 1.83. The molecule has 0 saturated carbocycles. The Morgan fingerprint density at radius 2 is 2.36 bits per heavy atom. The van der Waals surface area contributed by atoms with Gasteiger partial charge in [-0.15, -0.1) is 0 Å². The van der Waals surface area contributed by atoms with Crippen molar-refractivity contribution in [2.45, 2.75) is 0 Å². The minimum absolute atomic E-state index is 0.168. The van der Waals surface area contributed by atoms with Gasteiger partial charge in [-0.05, 0) is 18.2 Å². The second-order valence-corrected chi connectivity index (χ2v) is 2.73. The van der Waals surface area contributed by atoms with E-state index in [0.717, 1.165) is 0 Å². The second-order valence-electron chi connectivity index (χ2n) is 2.73. The van der Waals surface area contributed by atoms with Crippen LogP contribution in [-0.2, 0) is 0 Å². The maximum absolute atomic E-state index is 10.8. The number of nitrogens with two attached hydrogens (primary N) is 1. The van der Waals surface area contributed by atoms with Crippen LogP contribution in [0.2, 0.25) is 0 Å². The van der Waals surface area contributed by atoms with Crippen molar-refractivity contribution in [2.75, 3.05) is 7.11 Å². The van der Waals surface area contributed by atoms with E-state index >= 15 is 0 Å². The molecule has 5 heteroatoms. The van der Waals surface area contributed by atoms with Crippen LogP contribution in [0.1, 0.15) is 10.4 Å². The summed E-state index contributed by atoms with van der Waals surface area (Å²) in [4.78, 5) is 14.8. The zero-order valence-electron chi connectivity index (χ0n) is 7.48. The molecule has 1 amide bonds. The lowest BCUT2D eigenvalue weighted by molar-refractivity contribution is 0.100. The Labute approximate surface area is 79.5 Å². The Bertz CT molecular complexity index is 490. The van der Waals surface area contributed by atoms with Gasteiger partial charge in [0.25, 0.3) is 0 Å². The SMILES string of the molecule is COc1nc2ccc(C(N)=O)cc2o1. The summed E-state index contributed by atoms with van der Waals surface area (Å²) in [7, 11) is 1.46. The molecule has 0 bridgehead atoms. The molecule has 0 aliphatic carbocycles. The smallest absolute Gasteiger partial charge is 0.394 e. The largest absolute Gasteiger partial charge is 0.453 e. The fraction of sp³-hybridized carbons (Fsp3) is 0.111. The molecule has 0 atom stereocenters. The molecule has 1 aromatic heterocycles. The monoisotopic (exact) mass is 192 g/mol. The van der Waals surface area contributed by atoms with E-state index in [-0.39, 0.29) is 6.08 Å². The molecule has 5 nitrogen and oxygen atoms in total. The van der Waals surface area contributed by atoms with Gasteiger partial charge in [-0.25, -0.2) is 0 Å². The van der Waals surface area contributed by atoms with Crippen molar-refractivity contribution in [1.29, 1.82) is 0 Å². The van der Waals surface area contributed by atoms with Gasteiger partial charge in [0.05, 0.1) is 7.11 Å². The summed E-state index contributed by atoms with van der Waals surface area (Å²) >= 11 is 0. The third-order valence-electron chi connectivity index (χ3n) is 1.83. The highest BCUT2D eigenvalue weighted by molar-refractivity contribution is 5.95. The van der Waals surface area contributed by atoms with Crippen LogP contribution in [0, 0.1) is 0 Å². The van der Waals surface area contributed by atoms with E-state index in [1.165, 1.54) is 13.2 Å². The standard InChI is InChI=1S/C9H8N2O3/c1-13-9-11-6-3-2-5(8(10)12)4-7(6)14-9/h2-4H,1H3,(H2,10,12). The van der Waals surface area contributed by atoms with Gasteiger partial charge in [0.15, 0.2) is 5.58 Å². The van der Waals surface area contributed by atoms with Gasteiger partial charge in [0.2, 0.25) is 5.91 Å². The summed E-state index contributed by atoms with van der Waals surface area (Å²) in [5, 5.41) is 0. The van der Waals surface area contributed by atoms with E-state index in [9.17, 15) is 4.79 Å². The van der Waals surface area contributed by atoms with Crippen LogP contribution in [0.4, 0.5) is 0 Å². The minimum Gasteiger partial charge on any atom is -0.453 e. The van der Waals surface area contributed by atoms with Crippen LogP contribution in [0.15, 0.2) is 22.6 Å². The lowest BCUT2D eigenvalue weighted by Gasteiger charge is -1.92. The summed E-state index contributed by atoms with van der Waals surface area (Å²) in [6, 6.07) is 4.78. The Kier molecular flexibility index (Phi) is 1.85. The van der Waals surface area contributed by atoms with E-state index in [2.05, 4.69) is 4.98 Å². The van der Waals surface area contributed by atoms with Gasteiger partial charge in [-0.3, -0.25) is 4.79 Å². The van der Waals surface area contributed by atoms with Crippen LogP contribution in [-0.4, -0.2) is 18.0 Å². The molecule has 14 heavy (non-hydrogen) atoms. The predicted octanol–water partition coefficient (Wildman–Crippen LogP) is 0.935. The number of methoxy groups -OCH3 is 1. The lowest BCUT2D eigenvalue weighted by atomic mass is 10.2. The first-order valence-corrected chi connectivity index (χ1v) is 3.95. The fourth-order valence-electron chi connectivity index (χ4n) is 1.14. The van der Waals surface area contributed by atoms with Crippen LogP contribution in [0.3, 0.4) is 0 Å². The molecule has 72 valence electrons. The average Bonchev–Trinajstić information content (AvgIpc) is 2.58. The van der Waals surface area contributed by atoms with Gasteiger partial charge in [-0.2, -0.15) is 4.98 Å². The predicted molar refractivity (Wildman–Crippen MR) is 49.1 cm³/mol. The molecule has 0 unspecified atom stereocenters. The van der Waals surface area contributed by atoms with E-state index in [1.807, 2.05) is 0 Å². The molecule has 0 saturated heterocycles. The lowest BCUT2D eigenvalue weighted by Crippen LogP contribution is -2.10. The number of fused-ring (bicyclic) bond motifs is 1. The number of hydrogen-bond donors (Lipinski definition) is 1. The second kappa shape index (κ2) is 3.02. The number of carbonyl (C=O) groups excluding carboxylic acids is 1. The number of nitrogens with zero attached hydrogens (tertiary/aromatic N) is 1. The quantitative estimate of drug-likeness (QED) is 0.767. The minimum atomic E-state index is -0.498. The zero-order valence-corrected chi connectivity index (χ0v) is 7.48. The molecule has 2 aromatic rings. The highest BCUT2D eigenvalue weighted by atomic mass is 16.6. The molecule has 0 aliphatic heterocycles. The molecule has 0 aliphatic rings. The van der Waals surface area contributed by atoms with Crippen molar-refractivity contribution in [2.24, 2.45) is 5.73 Å². The summed E-state index contributed by atoms with van der Waals surface area (Å²) in [6.45, 7) is 0. The summed E-state index contributed by atoms with van der Waals surface area (Å²) < 4.78 is 9.97. The third kappa shape index (κ3) is 1.28. The molecular weight excluding hydrogens is 184 g/mol. The Hall–Kier alpha value is -2.04. The zero-order chi connectivity index (χ0) is 10.1. The maximum Gasteiger partial charge on any atom is 0.394 e. The van der Waals surface area contributed by atoms with Crippen LogP contribution in [0.25, 0.3) is 11.1 Å². The molecule has 0 fully saturated rings. The van der Waals surface area contributed by atoms with Gasteiger partial charge < -0.3 is 14.9 Å². The molecule has 0 spiro atoms. The first kappa shape index (κ1) is 8.55. The topological polar surface area (TPSA) is 78.4 Å². The van der Waals surface area contributed by atoms with Crippen LogP contribution in [0.5, 0.6) is 6.08 Å². The molecule has 1 aromatic carbocycles. The Morgan fingerprint density at radius 3 is 3.00 bits per heavy atom. The van der Waals surface area contributed by atoms with Gasteiger partial charge >= 0.3 is 6.08 Å². The summed E-state index contributed by atoms with van der Waals surface area (Å²) in [5.41, 5.74) is 6.61. The van der Waals surface area contributed by atoms with Crippen molar-refractivity contribution in [3.63, 3.8) is 0 Å². The van der Waals surface area contributed by atoms with Gasteiger partial charge in [0, 0.05) is 5.56 Å². The van der Waals surface area contributed by atoms with E-state index in [0.29, 0.717) is 16.7 Å². The number of primary amides is 1. The number of aromatic nitrogens is 1. The summed E-state index contributed by atoms with van der Waals surface area (Å²) in [6.07, 6.45) is 0.168. The number of ether oxygens (including phenoxy) is 1. The number of hydrogen-bond acceptors (Lipinski definition) is 4. The maximum atomic E-state index is 10.8. The van der Waals surface area contributed by atoms with Crippen molar-refractivity contribution < 1.29 is 13.9 Å². The summed E-state index contributed by atoms with van der Waals surface area (Å²) in [5.74, 6) is -0.498. The highest BCUT2D eigenvalue weighted by Crippen LogP contribution is 2.20. The van der Waals surface area contributed by atoms with E-state index < -0.39 is 5.91 Å². The van der Waals surface area contributed by atoms with Gasteiger partial charge in [0.1, 0.15) is 5.52 Å². The average molecular weight is 192 g/mol. The number of oxazole rings is 1. The first-order valence-electron chi connectivity index (χ1n) is 3.95. The Morgan fingerprint density at radius 1 is 1.57 bits per heavy atom. The van der Waals surface area contributed by atoms with E-state index in [4.69, 9.17) is 14.9 Å². The molecule has 1 heterocycles. The number of amides is 1. The van der Waals surface area contributed by atoms with Crippen molar-refractivity contribution in [3.8, 4) is 6.08 Å². The first-order chi connectivity index (χ1) is 6.70. The van der Waals surface area contributed by atoms with Gasteiger partial charge in [-0.1, -0.05) is 0 Å². The number of carbonyl (C=O) groups is 1. The van der Waals surface area contributed by atoms with Crippen LogP contribution < -0.4 is 10.5 Å². The number of benzene rings is 1. The normalized spacial score (nSPS) is 10.4. The molecule has 2 rings (SSSR count). The molecular formula is C9H8N2O3. The van der Waals surface area contributed by atoms with Crippen LogP contribution >= 0.6 is 0 Å². The number of rotatable bonds is 2. The van der Waals surface area contributed by atoms with Crippen molar-refractivity contribution in [3.05, 3.63) is 23.8 Å². The fourth-order valence-corrected chi connectivity index (χ4v) is 1.14. The molecule has 0 radical (unpaired) electrons. The van der Waals surface area contributed by atoms with E-state index in [1.54, 1.807) is 12.1 Å². The Balaban J connectivity index is 2.59. The molecule has 2 N–H and O–H groups in total. The van der Waals surface area contributed by atoms with Crippen molar-refractivity contribution >= 4 is 17.0 Å². The van der Waals surface area contributed by atoms with Crippen molar-refractivity contribution in [1.82, 2.24) is 4.98 Å².